The Morgan fingerprint density at radius 3 is 2.48 bits per heavy atom. The summed E-state index contributed by atoms with van der Waals surface area (Å²) in [5.41, 5.74) is 2.98. The highest BCUT2D eigenvalue weighted by Gasteiger charge is 2.64. The molecule has 1 saturated carbocycles. The van der Waals surface area contributed by atoms with Gasteiger partial charge in [0.05, 0.1) is 12.1 Å². The van der Waals surface area contributed by atoms with Crippen LogP contribution in [0, 0.1) is 19.3 Å². The van der Waals surface area contributed by atoms with E-state index in [1.807, 2.05) is 26.0 Å². The SMILES string of the molecule is CC(=O)c1nn(CC(=O)N2C3C[C@]3(C)C[C@H]2C(=O)NCCOC(F)(F)F)c2c(C)cc(-c3cnc(C)nc3)cc12. The number of piperidine rings is 1. The number of aromatic nitrogens is 4. The van der Waals surface area contributed by atoms with Crippen molar-refractivity contribution in [2.45, 2.75) is 65.5 Å². The molecular weight excluding hydrogens is 529 g/mol. The van der Waals surface area contributed by atoms with Crippen LogP contribution in [0.25, 0.3) is 22.0 Å². The smallest absolute Gasteiger partial charge is 0.352 e. The van der Waals surface area contributed by atoms with E-state index in [2.05, 4.69) is 25.1 Å². The molecule has 2 aromatic heterocycles. The van der Waals surface area contributed by atoms with Gasteiger partial charge in [-0.05, 0) is 55.4 Å². The maximum Gasteiger partial charge on any atom is 0.522 e. The number of alkyl halides is 3. The lowest BCUT2D eigenvalue weighted by atomic mass is 10.0. The van der Waals surface area contributed by atoms with Gasteiger partial charge in [-0.3, -0.25) is 23.8 Å². The molecule has 2 fully saturated rings. The molecule has 2 amide bonds. The van der Waals surface area contributed by atoms with Crippen LogP contribution in [0.3, 0.4) is 0 Å². The van der Waals surface area contributed by atoms with Crippen molar-refractivity contribution in [2.24, 2.45) is 5.41 Å². The van der Waals surface area contributed by atoms with Crippen molar-refractivity contribution < 1.29 is 32.3 Å². The molecule has 5 rings (SSSR count). The third-order valence-corrected chi connectivity index (χ3v) is 7.66. The van der Waals surface area contributed by atoms with E-state index in [-0.39, 0.29) is 41.9 Å². The number of carbonyl (C=O) groups is 3. The van der Waals surface area contributed by atoms with Crippen molar-refractivity contribution in [1.29, 1.82) is 0 Å². The average Bonchev–Trinajstić information content (AvgIpc) is 3.23. The van der Waals surface area contributed by atoms with Gasteiger partial charge in [0.2, 0.25) is 11.8 Å². The molecule has 0 bridgehead atoms. The lowest BCUT2D eigenvalue weighted by Crippen LogP contribution is -2.49. The van der Waals surface area contributed by atoms with E-state index in [4.69, 9.17) is 0 Å². The van der Waals surface area contributed by atoms with E-state index in [9.17, 15) is 27.6 Å². The zero-order valence-electron chi connectivity index (χ0n) is 22.5. The summed E-state index contributed by atoms with van der Waals surface area (Å²) in [5, 5.41) is 7.53. The number of halogens is 3. The summed E-state index contributed by atoms with van der Waals surface area (Å²) in [4.78, 5) is 49.0. The number of hydrogen-bond donors (Lipinski definition) is 1. The first-order chi connectivity index (χ1) is 18.8. The number of rotatable bonds is 8. The number of nitrogens with zero attached hydrogens (tertiary/aromatic N) is 5. The molecule has 3 aromatic rings. The van der Waals surface area contributed by atoms with Gasteiger partial charge in [0.1, 0.15) is 24.1 Å². The number of fused-ring (bicyclic) bond motifs is 2. The van der Waals surface area contributed by atoms with Gasteiger partial charge in [0.15, 0.2) is 5.78 Å². The molecule has 1 unspecified atom stereocenters. The molecule has 40 heavy (non-hydrogen) atoms. The minimum absolute atomic E-state index is 0.148. The monoisotopic (exact) mass is 558 g/mol. The summed E-state index contributed by atoms with van der Waals surface area (Å²) in [6, 6.07) is 2.78. The number of Topliss-reactive ketones (excluding diaryl/α,β-unsaturated/α-hetero) is 1. The van der Waals surface area contributed by atoms with Gasteiger partial charge < -0.3 is 10.2 Å². The molecule has 3 atom stereocenters. The van der Waals surface area contributed by atoms with E-state index in [0.29, 0.717) is 23.1 Å². The number of ketones is 1. The Kier molecular flexibility index (Phi) is 6.89. The van der Waals surface area contributed by atoms with Crippen molar-refractivity contribution in [3.8, 4) is 11.1 Å². The summed E-state index contributed by atoms with van der Waals surface area (Å²) in [7, 11) is 0. The molecule has 1 aliphatic carbocycles. The van der Waals surface area contributed by atoms with Crippen LogP contribution in [0.2, 0.25) is 0 Å². The first kappa shape index (κ1) is 27.7. The van der Waals surface area contributed by atoms with Gasteiger partial charge in [0, 0.05) is 42.9 Å². The standard InChI is InChI=1S/C27H29F3N6O4/c1-14-7-17(18-11-32-16(3)33-12-18)8-19-23(15(2)37)34-35(24(14)19)13-22(38)36-20(9-26(4)10-21(26)36)25(39)31-5-6-40-27(28,29)30/h7-8,11-12,20-21H,5-6,9-10,13H2,1-4H3,(H,31,39)/t20-,21?,26-/m0/s1. The van der Waals surface area contributed by atoms with Crippen LogP contribution in [0.4, 0.5) is 13.2 Å². The second kappa shape index (κ2) is 9.95. The molecule has 0 radical (unpaired) electrons. The van der Waals surface area contributed by atoms with Gasteiger partial charge in [0.25, 0.3) is 0 Å². The predicted molar refractivity (Wildman–Crippen MR) is 137 cm³/mol. The molecule has 10 nitrogen and oxygen atoms in total. The van der Waals surface area contributed by atoms with Crippen LogP contribution < -0.4 is 5.32 Å². The summed E-state index contributed by atoms with van der Waals surface area (Å²) in [5.74, 6) is -0.508. The Hall–Kier alpha value is -3.87. The molecule has 1 saturated heterocycles. The first-order valence-electron chi connectivity index (χ1n) is 12.9. The van der Waals surface area contributed by atoms with Crippen LogP contribution >= 0.6 is 0 Å². The average molecular weight is 559 g/mol. The summed E-state index contributed by atoms with van der Waals surface area (Å²) in [6.45, 7) is 5.77. The van der Waals surface area contributed by atoms with Gasteiger partial charge >= 0.3 is 6.36 Å². The minimum Gasteiger partial charge on any atom is -0.352 e. The van der Waals surface area contributed by atoms with E-state index in [0.717, 1.165) is 23.1 Å². The second-order valence-electron chi connectivity index (χ2n) is 10.8. The Labute approximate surface area is 227 Å². The van der Waals surface area contributed by atoms with Crippen LogP contribution in [0.5, 0.6) is 0 Å². The van der Waals surface area contributed by atoms with E-state index in [1.54, 1.807) is 19.3 Å². The number of carbonyl (C=O) groups excluding carboxylic acids is 3. The molecule has 3 heterocycles. The van der Waals surface area contributed by atoms with Gasteiger partial charge in [-0.15, -0.1) is 13.2 Å². The number of benzene rings is 1. The normalized spacial score (nSPS) is 21.9. The highest BCUT2D eigenvalue weighted by Crippen LogP contribution is 2.59. The fourth-order valence-electron chi connectivity index (χ4n) is 5.64. The zero-order valence-corrected chi connectivity index (χ0v) is 22.5. The number of likely N-dealkylation sites (tertiary alicyclic amines) is 1. The maximum absolute atomic E-state index is 13.6. The van der Waals surface area contributed by atoms with Crippen molar-refractivity contribution in [2.75, 3.05) is 13.2 Å². The molecule has 1 aliphatic heterocycles. The largest absolute Gasteiger partial charge is 0.522 e. The Balaban J connectivity index is 1.40. The van der Waals surface area contributed by atoms with E-state index < -0.39 is 24.9 Å². The van der Waals surface area contributed by atoms with Gasteiger partial charge in [-0.2, -0.15) is 5.10 Å². The molecule has 212 valence electrons. The second-order valence-corrected chi connectivity index (χ2v) is 10.8. The number of nitrogens with one attached hydrogen (secondary N) is 1. The molecule has 0 spiro atoms. The number of aryl methyl sites for hydroxylation is 2. The maximum atomic E-state index is 13.6. The molecule has 1 N–H and O–H groups in total. The number of amides is 2. The van der Waals surface area contributed by atoms with Gasteiger partial charge in [-0.1, -0.05) is 6.92 Å². The van der Waals surface area contributed by atoms with Crippen molar-refractivity contribution in [1.82, 2.24) is 30.0 Å². The quantitative estimate of drug-likeness (QED) is 0.333. The highest BCUT2D eigenvalue weighted by molar-refractivity contribution is 6.07. The molecular formula is C27H29F3N6O4. The lowest BCUT2D eigenvalue weighted by molar-refractivity contribution is -0.323. The highest BCUT2D eigenvalue weighted by atomic mass is 19.4. The van der Waals surface area contributed by atoms with E-state index in [1.165, 1.54) is 16.5 Å². The predicted octanol–water partition coefficient (Wildman–Crippen LogP) is 3.34. The molecule has 13 heteroatoms. The van der Waals surface area contributed by atoms with Crippen LogP contribution in [-0.2, 0) is 20.9 Å². The zero-order chi connectivity index (χ0) is 29.0. The van der Waals surface area contributed by atoms with Crippen LogP contribution in [-0.4, -0.2) is 73.8 Å². The fourth-order valence-corrected chi connectivity index (χ4v) is 5.64. The molecule has 2 aliphatic rings. The van der Waals surface area contributed by atoms with Crippen molar-refractivity contribution in [3.05, 3.63) is 41.6 Å². The fraction of sp³-hybridized carbons (Fsp3) is 0.481. The Morgan fingerprint density at radius 1 is 1.12 bits per heavy atom. The van der Waals surface area contributed by atoms with Crippen LogP contribution in [0.15, 0.2) is 24.5 Å². The summed E-state index contributed by atoms with van der Waals surface area (Å²) < 4.78 is 42.0. The summed E-state index contributed by atoms with van der Waals surface area (Å²) >= 11 is 0. The lowest BCUT2D eigenvalue weighted by Gasteiger charge is -2.27. The first-order valence-corrected chi connectivity index (χ1v) is 12.9. The minimum atomic E-state index is -4.78. The summed E-state index contributed by atoms with van der Waals surface area (Å²) in [6.07, 6.45) is -0.239. The Bertz CT molecular complexity index is 1500. The topological polar surface area (TPSA) is 119 Å². The Morgan fingerprint density at radius 2 is 1.82 bits per heavy atom. The third-order valence-electron chi connectivity index (χ3n) is 7.66. The van der Waals surface area contributed by atoms with Gasteiger partial charge in [-0.25, -0.2) is 9.97 Å². The number of hydrogen-bond acceptors (Lipinski definition) is 7. The van der Waals surface area contributed by atoms with Crippen LogP contribution in [0.1, 0.15) is 48.6 Å². The third kappa shape index (κ3) is 5.29. The molecule has 1 aromatic carbocycles. The number of ether oxygens (including phenoxy) is 1. The van der Waals surface area contributed by atoms with Crippen molar-refractivity contribution >= 4 is 28.5 Å². The van der Waals surface area contributed by atoms with E-state index >= 15 is 0 Å². The van der Waals surface area contributed by atoms with Crippen molar-refractivity contribution in [3.63, 3.8) is 0 Å².